The quantitative estimate of drug-likeness (QED) is 0.811. The summed E-state index contributed by atoms with van der Waals surface area (Å²) in [5.41, 5.74) is -0.157. The SMILES string of the molecule is CC(C)(C)n1cncc1OC(=O)N1CCNCC1. The molecule has 0 aromatic carbocycles. The Morgan fingerprint density at radius 2 is 2.06 bits per heavy atom. The van der Waals surface area contributed by atoms with Gasteiger partial charge >= 0.3 is 6.09 Å². The molecule has 1 fully saturated rings. The van der Waals surface area contributed by atoms with Crippen molar-refractivity contribution in [2.45, 2.75) is 26.3 Å². The van der Waals surface area contributed by atoms with Crippen LogP contribution in [0.5, 0.6) is 5.88 Å². The summed E-state index contributed by atoms with van der Waals surface area (Å²) in [4.78, 5) is 17.7. The molecule has 0 atom stereocenters. The van der Waals surface area contributed by atoms with E-state index in [4.69, 9.17) is 4.74 Å². The van der Waals surface area contributed by atoms with Crippen molar-refractivity contribution in [3.63, 3.8) is 0 Å². The number of piperazine rings is 1. The van der Waals surface area contributed by atoms with Gasteiger partial charge in [0.25, 0.3) is 0 Å². The van der Waals surface area contributed by atoms with E-state index in [9.17, 15) is 4.79 Å². The van der Waals surface area contributed by atoms with E-state index in [-0.39, 0.29) is 11.6 Å². The Bertz CT molecular complexity index is 416. The zero-order valence-corrected chi connectivity index (χ0v) is 11.1. The second-order valence-corrected chi connectivity index (χ2v) is 5.38. The topological polar surface area (TPSA) is 59.4 Å². The van der Waals surface area contributed by atoms with E-state index in [2.05, 4.69) is 10.3 Å². The second-order valence-electron chi connectivity index (χ2n) is 5.38. The van der Waals surface area contributed by atoms with Gasteiger partial charge < -0.3 is 15.0 Å². The number of carbonyl (C=O) groups excluding carboxylic acids is 1. The van der Waals surface area contributed by atoms with E-state index < -0.39 is 0 Å². The zero-order valence-electron chi connectivity index (χ0n) is 11.1. The summed E-state index contributed by atoms with van der Waals surface area (Å²) in [6.07, 6.45) is 2.95. The van der Waals surface area contributed by atoms with Crippen LogP contribution in [0.1, 0.15) is 20.8 Å². The molecule has 0 radical (unpaired) electrons. The Morgan fingerprint density at radius 1 is 1.39 bits per heavy atom. The van der Waals surface area contributed by atoms with Gasteiger partial charge in [-0.15, -0.1) is 0 Å². The molecule has 1 aromatic rings. The normalized spacial score (nSPS) is 16.7. The first-order valence-electron chi connectivity index (χ1n) is 6.19. The fourth-order valence-electron chi connectivity index (χ4n) is 1.86. The maximum Gasteiger partial charge on any atom is 0.416 e. The molecule has 1 amide bonds. The van der Waals surface area contributed by atoms with Crippen LogP contribution in [-0.2, 0) is 5.54 Å². The number of ether oxygens (including phenoxy) is 1. The molecule has 0 aliphatic carbocycles. The van der Waals surface area contributed by atoms with Crippen LogP contribution in [0.3, 0.4) is 0 Å². The summed E-state index contributed by atoms with van der Waals surface area (Å²) in [5, 5.41) is 3.20. The second kappa shape index (κ2) is 4.97. The Balaban J connectivity index is 2.05. The van der Waals surface area contributed by atoms with Crippen molar-refractivity contribution >= 4 is 6.09 Å². The molecular formula is C12H20N4O2. The van der Waals surface area contributed by atoms with Crippen LogP contribution in [0, 0.1) is 0 Å². The van der Waals surface area contributed by atoms with Crippen molar-refractivity contribution < 1.29 is 9.53 Å². The average molecular weight is 252 g/mol. The average Bonchev–Trinajstić information content (AvgIpc) is 2.78. The first-order valence-corrected chi connectivity index (χ1v) is 6.19. The van der Waals surface area contributed by atoms with E-state index in [0.29, 0.717) is 19.0 Å². The van der Waals surface area contributed by atoms with Crippen LogP contribution < -0.4 is 10.1 Å². The number of imidazole rings is 1. The number of rotatable bonds is 1. The van der Waals surface area contributed by atoms with Crippen molar-refractivity contribution in [2.24, 2.45) is 0 Å². The predicted molar refractivity (Wildman–Crippen MR) is 67.7 cm³/mol. The highest BCUT2D eigenvalue weighted by atomic mass is 16.6. The van der Waals surface area contributed by atoms with E-state index in [1.165, 1.54) is 0 Å². The van der Waals surface area contributed by atoms with Gasteiger partial charge in [0, 0.05) is 31.7 Å². The number of nitrogens with one attached hydrogen (secondary N) is 1. The highest BCUT2D eigenvalue weighted by Crippen LogP contribution is 2.22. The molecule has 0 bridgehead atoms. The Kier molecular flexibility index (Phi) is 3.56. The Morgan fingerprint density at radius 3 is 2.67 bits per heavy atom. The maximum absolute atomic E-state index is 12.0. The zero-order chi connectivity index (χ0) is 13.2. The van der Waals surface area contributed by atoms with Crippen LogP contribution in [-0.4, -0.2) is 46.7 Å². The van der Waals surface area contributed by atoms with Crippen LogP contribution in [0.25, 0.3) is 0 Å². The third-order valence-corrected chi connectivity index (χ3v) is 2.89. The lowest BCUT2D eigenvalue weighted by Gasteiger charge is -2.28. The summed E-state index contributed by atoms with van der Waals surface area (Å²) < 4.78 is 7.27. The molecule has 6 nitrogen and oxygen atoms in total. The van der Waals surface area contributed by atoms with Crippen LogP contribution >= 0.6 is 0 Å². The van der Waals surface area contributed by atoms with Gasteiger partial charge in [0.1, 0.15) is 0 Å². The van der Waals surface area contributed by atoms with Crippen molar-refractivity contribution in [2.75, 3.05) is 26.2 Å². The number of nitrogens with zero attached hydrogens (tertiary/aromatic N) is 3. The van der Waals surface area contributed by atoms with Gasteiger partial charge in [-0.25, -0.2) is 9.78 Å². The predicted octanol–water partition coefficient (Wildman–Crippen LogP) is 1.04. The molecule has 1 aliphatic rings. The first kappa shape index (κ1) is 12.9. The minimum atomic E-state index is -0.303. The van der Waals surface area contributed by atoms with Crippen LogP contribution in [0.4, 0.5) is 4.79 Å². The van der Waals surface area contributed by atoms with Crippen molar-refractivity contribution in [3.8, 4) is 5.88 Å². The largest absolute Gasteiger partial charge is 0.416 e. The van der Waals surface area contributed by atoms with Gasteiger partial charge in [0.2, 0.25) is 5.88 Å². The highest BCUT2D eigenvalue weighted by molar-refractivity contribution is 5.70. The van der Waals surface area contributed by atoms with Gasteiger partial charge in [-0.1, -0.05) is 0 Å². The minimum absolute atomic E-state index is 0.157. The molecule has 6 heteroatoms. The molecule has 1 N–H and O–H groups in total. The van der Waals surface area contributed by atoms with Gasteiger partial charge in [-0.3, -0.25) is 4.57 Å². The standard InChI is InChI=1S/C12H20N4O2/c1-12(2,3)16-9-14-8-10(16)18-11(17)15-6-4-13-5-7-15/h8-9,13H,4-7H2,1-3H3. The van der Waals surface area contributed by atoms with Gasteiger partial charge in [0.05, 0.1) is 12.5 Å². The fourth-order valence-corrected chi connectivity index (χ4v) is 1.86. The van der Waals surface area contributed by atoms with E-state index in [1.807, 2.05) is 25.3 Å². The van der Waals surface area contributed by atoms with E-state index in [0.717, 1.165) is 13.1 Å². The summed E-state index contributed by atoms with van der Waals surface area (Å²) in [5.74, 6) is 0.492. The number of aromatic nitrogens is 2. The van der Waals surface area contributed by atoms with Crippen molar-refractivity contribution in [1.29, 1.82) is 0 Å². The highest BCUT2D eigenvalue weighted by Gasteiger charge is 2.22. The van der Waals surface area contributed by atoms with Crippen LogP contribution in [0.15, 0.2) is 12.5 Å². The number of hydrogen-bond acceptors (Lipinski definition) is 4. The first-order chi connectivity index (χ1) is 8.48. The summed E-state index contributed by atoms with van der Waals surface area (Å²) in [6.45, 7) is 9.11. The lowest BCUT2D eigenvalue weighted by Crippen LogP contribution is -2.47. The summed E-state index contributed by atoms with van der Waals surface area (Å²) in [6, 6.07) is 0. The monoisotopic (exact) mass is 252 g/mol. The van der Waals surface area contributed by atoms with Crippen LogP contribution in [0.2, 0.25) is 0 Å². The molecule has 1 saturated heterocycles. The lowest BCUT2D eigenvalue weighted by molar-refractivity contribution is 0.140. The number of amides is 1. The molecule has 100 valence electrons. The molecule has 18 heavy (non-hydrogen) atoms. The van der Waals surface area contributed by atoms with Crippen molar-refractivity contribution in [1.82, 2.24) is 19.8 Å². The van der Waals surface area contributed by atoms with Crippen molar-refractivity contribution in [3.05, 3.63) is 12.5 Å². The summed E-state index contributed by atoms with van der Waals surface area (Å²) in [7, 11) is 0. The molecule has 2 heterocycles. The third kappa shape index (κ3) is 2.81. The lowest BCUT2D eigenvalue weighted by atomic mass is 10.1. The van der Waals surface area contributed by atoms with E-state index in [1.54, 1.807) is 17.4 Å². The molecular weight excluding hydrogens is 232 g/mol. The van der Waals surface area contributed by atoms with Gasteiger partial charge in [-0.05, 0) is 20.8 Å². The summed E-state index contributed by atoms with van der Waals surface area (Å²) >= 11 is 0. The van der Waals surface area contributed by atoms with E-state index >= 15 is 0 Å². The molecule has 0 unspecified atom stereocenters. The van der Waals surface area contributed by atoms with Gasteiger partial charge in [0.15, 0.2) is 0 Å². The molecule has 1 aliphatic heterocycles. The Labute approximate surface area is 107 Å². The number of carbonyl (C=O) groups is 1. The molecule has 2 rings (SSSR count). The molecule has 1 aromatic heterocycles. The fraction of sp³-hybridized carbons (Fsp3) is 0.667. The minimum Gasteiger partial charge on any atom is -0.391 e. The Hall–Kier alpha value is -1.56. The number of hydrogen-bond donors (Lipinski definition) is 1. The maximum atomic E-state index is 12.0. The third-order valence-electron chi connectivity index (χ3n) is 2.89. The molecule has 0 saturated carbocycles. The van der Waals surface area contributed by atoms with Gasteiger partial charge in [-0.2, -0.15) is 0 Å². The molecule has 0 spiro atoms. The smallest absolute Gasteiger partial charge is 0.391 e.